The highest BCUT2D eigenvalue weighted by atomic mass is 16.5. The van der Waals surface area contributed by atoms with Crippen molar-refractivity contribution in [2.45, 2.75) is 50.9 Å². The normalized spacial score (nSPS) is 33.2. The Morgan fingerprint density at radius 3 is 2.73 bits per heavy atom. The summed E-state index contributed by atoms with van der Waals surface area (Å²) in [6.45, 7) is 11.2. The summed E-state index contributed by atoms with van der Waals surface area (Å²) in [4.78, 5) is 1.51. The Kier molecular flexibility index (Phi) is 4.73. The van der Waals surface area contributed by atoms with Crippen molar-refractivity contribution >= 4 is 0 Å². The predicted molar refractivity (Wildman–Crippen MR) is 100 cm³/mol. The number of hydrogen-bond donors (Lipinski definition) is 1. The van der Waals surface area contributed by atoms with Crippen LogP contribution in [0.5, 0.6) is 5.75 Å². The molecule has 0 bridgehead atoms. The van der Waals surface area contributed by atoms with Crippen LogP contribution in [0.4, 0.5) is 0 Å². The minimum Gasteiger partial charge on any atom is -0.487 e. The fourth-order valence-electron chi connectivity index (χ4n) is 4.45. The van der Waals surface area contributed by atoms with E-state index in [0.717, 1.165) is 51.4 Å². The molecule has 2 saturated heterocycles. The molecule has 3 atom stereocenters. The van der Waals surface area contributed by atoms with Gasteiger partial charge in [-0.1, -0.05) is 24.1 Å². The summed E-state index contributed by atoms with van der Waals surface area (Å²) in [5.74, 6) is 8.18. The standard InChI is InChI=1S/C22H29NO3/c1-21(2)18-9-11-22(3,10-6-12-23-13-15-24-16-14-23)26-20(18)17-7-4-5-8-19(17)25-21/h4-5,7-8,18,20H,9,11-16H2,1-3H3/p+1/t18-,20+,22-/m0/s1. The molecule has 1 N–H and O–H groups in total. The number of ether oxygens (including phenoxy) is 3. The Hall–Kier alpha value is -1.54. The minimum atomic E-state index is -0.382. The van der Waals surface area contributed by atoms with Crippen molar-refractivity contribution < 1.29 is 19.1 Å². The van der Waals surface area contributed by atoms with Gasteiger partial charge in [-0.25, -0.2) is 0 Å². The molecule has 3 aliphatic rings. The van der Waals surface area contributed by atoms with Crippen molar-refractivity contribution in [1.29, 1.82) is 0 Å². The van der Waals surface area contributed by atoms with E-state index in [-0.39, 0.29) is 17.3 Å². The van der Waals surface area contributed by atoms with Crippen LogP contribution in [0.2, 0.25) is 0 Å². The fraction of sp³-hybridized carbons (Fsp3) is 0.636. The first-order chi connectivity index (χ1) is 12.5. The van der Waals surface area contributed by atoms with Crippen LogP contribution in [0.3, 0.4) is 0 Å². The number of nitrogens with one attached hydrogen (secondary N) is 1. The average Bonchev–Trinajstić information content (AvgIpc) is 2.62. The van der Waals surface area contributed by atoms with Crippen LogP contribution >= 0.6 is 0 Å². The Balaban J connectivity index is 1.52. The van der Waals surface area contributed by atoms with E-state index in [0.29, 0.717) is 5.92 Å². The molecule has 3 heterocycles. The topological polar surface area (TPSA) is 32.1 Å². The zero-order valence-electron chi connectivity index (χ0n) is 16.1. The van der Waals surface area contributed by atoms with E-state index in [1.54, 1.807) is 0 Å². The van der Waals surface area contributed by atoms with Crippen LogP contribution in [-0.4, -0.2) is 44.1 Å². The molecule has 0 aliphatic carbocycles. The summed E-state index contributed by atoms with van der Waals surface area (Å²) in [6, 6.07) is 8.29. The summed E-state index contributed by atoms with van der Waals surface area (Å²) >= 11 is 0. The monoisotopic (exact) mass is 356 g/mol. The molecule has 0 radical (unpaired) electrons. The molecule has 0 amide bonds. The molecule has 1 aromatic rings. The van der Waals surface area contributed by atoms with Crippen molar-refractivity contribution in [1.82, 2.24) is 0 Å². The van der Waals surface area contributed by atoms with Gasteiger partial charge in [-0.15, -0.1) is 0 Å². The van der Waals surface area contributed by atoms with Crippen LogP contribution < -0.4 is 9.64 Å². The number of rotatable bonds is 1. The van der Waals surface area contributed by atoms with Crippen LogP contribution in [-0.2, 0) is 9.47 Å². The van der Waals surface area contributed by atoms with E-state index < -0.39 is 0 Å². The Labute approximate surface area is 156 Å². The highest BCUT2D eigenvalue weighted by Crippen LogP contribution is 2.52. The molecular weight excluding hydrogens is 326 g/mol. The molecule has 3 aliphatic heterocycles. The van der Waals surface area contributed by atoms with Crippen molar-refractivity contribution in [3.63, 3.8) is 0 Å². The summed E-state index contributed by atoms with van der Waals surface area (Å²) < 4.78 is 18.4. The number of hydrogen-bond acceptors (Lipinski definition) is 3. The molecule has 4 nitrogen and oxygen atoms in total. The number of quaternary nitrogens is 1. The van der Waals surface area contributed by atoms with Gasteiger partial charge in [0.2, 0.25) is 0 Å². The van der Waals surface area contributed by atoms with Gasteiger partial charge in [0.1, 0.15) is 36.6 Å². The van der Waals surface area contributed by atoms with Gasteiger partial charge in [0.15, 0.2) is 0 Å². The lowest BCUT2D eigenvalue weighted by Crippen LogP contribution is -3.14. The molecule has 0 aromatic heterocycles. The third-order valence-electron chi connectivity index (χ3n) is 6.07. The van der Waals surface area contributed by atoms with Crippen molar-refractivity contribution in [3.8, 4) is 17.6 Å². The average molecular weight is 356 g/mol. The maximum atomic E-state index is 6.64. The van der Waals surface area contributed by atoms with Crippen LogP contribution in [0, 0.1) is 17.8 Å². The van der Waals surface area contributed by atoms with Gasteiger partial charge in [-0.2, -0.15) is 0 Å². The molecule has 2 fully saturated rings. The van der Waals surface area contributed by atoms with E-state index in [1.165, 1.54) is 10.5 Å². The second-order valence-corrected chi connectivity index (χ2v) is 8.50. The SMILES string of the molecule is CC1(C)Oc2ccccc2[C@H]2O[C@@](C)(C#CC[NH+]3CCOCC3)CC[C@@H]21. The van der Waals surface area contributed by atoms with Gasteiger partial charge in [-0.05, 0) is 45.6 Å². The van der Waals surface area contributed by atoms with Crippen LogP contribution in [0.25, 0.3) is 0 Å². The number of fused-ring (bicyclic) bond motifs is 3. The fourth-order valence-corrected chi connectivity index (χ4v) is 4.45. The summed E-state index contributed by atoms with van der Waals surface area (Å²) in [6.07, 6.45) is 2.08. The van der Waals surface area contributed by atoms with Crippen molar-refractivity contribution in [2.24, 2.45) is 5.92 Å². The maximum absolute atomic E-state index is 6.64. The molecule has 140 valence electrons. The van der Waals surface area contributed by atoms with E-state index in [4.69, 9.17) is 14.2 Å². The third-order valence-corrected chi connectivity index (χ3v) is 6.07. The van der Waals surface area contributed by atoms with Crippen LogP contribution in [0.15, 0.2) is 24.3 Å². The summed E-state index contributed by atoms with van der Waals surface area (Å²) in [5.41, 5.74) is 0.572. The predicted octanol–water partition coefficient (Wildman–Crippen LogP) is 2.00. The van der Waals surface area contributed by atoms with Gasteiger partial charge in [-0.3, -0.25) is 0 Å². The molecule has 1 aromatic carbocycles. The summed E-state index contributed by atoms with van der Waals surface area (Å²) in [7, 11) is 0. The second kappa shape index (κ2) is 6.88. The van der Waals surface area contributed by atoms with Gasteiger partial charge < -0.3 is 19.1 Å². The lowest BCUT2D eigenvalue weighted by Gasteiger charge is -2.50. The lowest BCUT2D eigenvalue weighted by molar-refractivity contribution is -0.900. The molecular formula is C22H30NO3+. The quantitative estimate of drug-likeness (QED) is 0.781. The highest BCUT2D eigenvalue weighted by Gasteiger charge is 2.49. The molecule has 0 saturated carbocycles. The molecule has 4 heteroatoms. The first kappa shape index (κ1) is 17.9. The Bertz CT molecular complexity index is 714. The zero-order valence-corrected chi connectivity index (χ0v) is 16.1. The lowest BCUT2D eigenvalue weighted by atomic mass is 9.73. The van der Waals surface area contributed by atoms with E-state index in [2.05, 4.69) is 50.8 Å². The maximum Gasteiger partial charge on any atom is 0.139 e. The van der Waals surface area contributed by atoms with Gasteiger partial charge in [0, 0.05) is 11.5 Å². The smallest absolute Gasteiger partial charge is 0.139 e. The molecule has 26 heavy (non-hydrogen) atoms. The number of morpholine rings is 1. The van der Waals surface area contributed by atoms with Crippen molar-refractivity contribution in [2.75, 3.05) is 32.8 Å². The van der Waals surface area contributed by atoms with Gasteiger partial charge in [0.25, 0.3) is 0 Å². The van der Waals surface area contributed by atoms with Gasteiger partial charge >= 0.3 is 0 Å². The van der Waals surface area contributed by atoms with Crippen molar-refractivity contribution in [3.05, 3.63) is 29.8 Å². The first-order valence-electron chi connectivity index (χ1n) is 9.84. The Morgan fingerprint density at radius 1 is 1.15 bits per heavy atom. The highest BCUT2D eigenvalue weighted by molar-refractivity contribution is 5.39. The number of benzene rings is 1. The second-order valence-electron chi connectivity index (χ2n) is 8.50. The van der Waals surface area contributed by atoms with E-state index >= 15 is 0 Å². The summed E-state index contributed by atoms with van der Waals surface area (Å²) in [5, 5.41) is 0. The van der Waals surface area contributed by atoms with Gasteiger partial charge in [0.05, 0.1) is 19.3 Å². The van der Waals surface area contributed by atoms with E-state index in [9.17, 15) is 0 Å². The minimum absolute atomic E-state index is 0.0544. The third kappa shape index (κ3) is 3.49. The molecule has 4 rings (SSSR count). The first-order valence-corrected chi connectivity index (χ1v) is 9.84. The molecule has 0 spiro atoms. The largest absolute Gasteiger partial charge is 0.487 e. The zero-order chi connectivity index (χ0) is 18.2. The Morgan fingerprint density at radius 2 is 1.92 bits per heavy atom. The van der Waals surface area contributed by atoms with E-state index in [1.807, 2.05) is 6.07 Å². The number of para-hydroxylation sites is 1. The molecule has 0 unspecified atom stereocenters. The van der Waals surface area contributed by atoms with Crippen LogP contribution in [0.1, 0.15) is 45.3 Å².